The number of anilines is 2. The Labute approximate surface area is 121 Å². The Balaban J connectivity index is 1.62. The van der Waals surface area contributed by atoms with Crippen molar-refractivity contribution in [1.29, 1.82) is 0 Å². The Hall–Kier alpha value is -2.64. The molecule has 2 aromatic heterocycles. The van der Waals surface area contributed by atoms with Gasteiger partial charge in [-0.05, 0) is 24.8 Å². The number of nitrogens with one attached hydrogen (secondary N) is 2. The molecular weight excluding hydrogens is 270 g/mol. The Bertz CT molecular complexity index is 621. The van der Waals surface area contributed by atoms with Crippen molar-refractivity contribution in [3.05, 3.63) is 24.8 Å². The minimum absolute atomic E-state index is 0.0689. The molecule has 1 aliphatic rings. The first-order chi connectivity index (χ1) is 10.2. The Morgan fingerprint density at radius 3 is 3.00 bits per heavy atom. The maximum absolute atomic E-state index is 11.7. The van der Waals surface area contributed by atoms with Gasteiger partial charge >= 0.3 is 0 Å². The molecule has 8 heteroatoms. The fourth-order valence-electron chi connectivity index (χ4n) is 1.91. The van der Waals surface area contributed by atoms with Crippen LogP contribution in [0.25, 0.3) is 5.82 Å². The van der Waals surface area contributed by atoms with Crippen LogP contribution in [0.2, 0.25) is 0 Å². The number of rotatable bonds is 6. The monoisotopic (exact) mass is 287 g/mol. The average molecular weight is 287 g/mol. The van der Waals surface area contributed by atoms with Crippen LogP contribution in [0.1, 0.15) is 12.8 Å². The number of nitrogens with two attached hydrogens (primary N) is 1. The van der Waals surface area contributed by atoms with Crippen LogP contribution in [-0.2, 0) is 4.79 Å². The van der Waals surface area contributed by atoms with Crippen LogP contribution in [0.5, 0.6) is 0 Å². The summed E-state index contributed by atoms with van der Waals surface area (Å²) in [4.78, 5) is 19.9. The zero-order valence-electron chi connectivity index (χ0n) is 11.5. The second-order valence-corrected chi connectivity index (χ2v) is 5.01. The van der Waals surface area contributed by atoms with Crippen LogP contribution in [-0.4, -0.2) is 38.7 Å². The fraction of sp³-hybridized carbons (Fsp3) is 0.385. The summed E-state index contributed by atoms with van der Waals surface area (Å²) >= 11 is 0. The summed E-state index contributed by atoms with van der Waals surface area (Å²) in [5, 5.41) is 9.88. The lowest BCUT2D eigenvalue weighted by molar-refractivity contribution is -0.119. The van der Waals surface area contributed by atoms with Crippen LogP contribution in [0.4, 0.5) is 11.5 Å². The quantitative estimate of drug-likeness (QED) is 0.699. The number of carbonyl (C=O) groups is 1. The van der Waals surface area contributed by atoms with E-state index in [1.807, 2.05) is 0 Å². The molecule has 0 saturated heterocycles. The molecule has 21 heavy (non-hydrogen) atoms. The number of hydrogen-bond donors (Lipinski definition) is 3. The first-order valence-corrected chi connectivity index (χ1v) is 6.85. The molecule has 1 aliphatic carbocycles. The summed E-state index contributed by atoms with van der Waals surface area (Å²) in [6, 6.07) is 1.78. The number of hydrogen-bond acceptors (Lipinski definition) is 6. The molecule has 1 amide bonds. The van der Waals surface area contributed by atoms with Gasteiger partial charge in [0, 0.05) is 18.9 Å². The third-order valence-corrected chi connectivity index (χ3v) is 3.29. The van der Waals surface area contributed by atoms with Gasteiger partial charge in [0.05, 0.1) is 6.54 Å². The Morgan fingerprint density at radius 2 is 2.29 bits per heavy atom. The summed E-state index contributed by atoms with van der Waals surface area (Å²) in [5.41, 5.74) is 6.37. The van der Waals surface area contributed by atoms with Crippen molar-refractivity contribution in [2.75, 3.05) is 24.1 Å². The normalized spacial score (nSPS) is 13.9. The summed E-state index contributed by atoms with van der Waals surface area (Å²) in [6.45, 7) is 0.880. The van der Waals surface area contributed by atoms with Gasteiger partial charge in [-0.1, -0.05) is 0 Å². The zero-order valence-corrected chi connectivity index (χ0v) is 11.5. The zero-order chi connectivity index (χ0) is 14.7. The van der Waals surface area contributed by atoms with Crippen molar-refractivity contribution < 1.29 is 4.79 Å². The first-order valence-electron chi connectivity index (χ1n) is 6.85. The van der Waals surface area contributed by atoms with Crippen molar-refractivity contribution in [3.8, 4) is 5.82 Å². The second-order valence-electron chi connectivity index (χ2n) is 5.01. The van der Waals surface area contributed by atoms with Crippen molar-refractivity contribution in [2.24, 2.45) is 5.92 Å². The van der Waals surface area contributed by atoms with Crippen LogP contribution >= 0.6 is 0 Å². The lowest BCUT2D eigenvalue weighted by Crippen LogP contribution is -2.31. The van der Waals surface area contributed by atoms with E-state index in [-0.39, 0.29) is 12.5 Å². The van der Waals surface area contributed by atoms with Gasteiger partial charge in [0.2, 0.25) is 5.91 Å². The molecule has 0 aliphatic heterocycles. The maximum Gasteiger partial charge on any atom is 0.239 e. The smallest absolute Gasteiger partial charge is 0.239 e. The molecule has 1 fully saturated rings. The van der Waals surface area contributed by atoms with Crippen LogP contribution in [0.3, 0.4) is 0 Å². The number of amides is 1. The van der Waals surface area contributed by atoms with Gasteiger partial charge in [-0.15, -0.1) is 0 Å². The van der Waals surface area contributed by atoms with E-state index < -0.39 is 0 Å². The standard InChI is InChI=1S/C13H17N7O/c14-11-12(16-7-10(21)15-6-9-2-3-9)17-8-18-13(11)20-5-1-4-19-20/h1,4-5,8-9H,2-3,6-7,14H2,(H,15,21)(H,16,17,18). The molecule has 8 nitrogen and oxygen atoms in total. The molecule has 110 valence electrons. The summed E-state index contributed by atoms with van der Waals surface area (Å²) in [6.07, 6.45) is 7.18. The SMILES string of the molecule is Nc1c(NCC(=O)NCC2CC2)ncnc1-n1cccn1. The highest BCUT2D eigenvalue weighted by Gasteiger charge is 2.21. The van der Waals surface area contributed by atoms with Crippen molar-refractivity contribution in [3.63, 3.8) is 0 Å². The maximum atomic E-state index is 11.7. The van der Waals surface area contributed by atoms with Gasteiger partial charge in [0.15, 0.2) is 11.6 Å². The molecule has 0 atom stereocenters. The van der Waals surface area contributed by atoms with Crippen LogP contribution in [0, 0.1) is 5.92 Å². The minimum atomic E-state index is -0.0689. The highest BCUT2D eigenvalue weighted by Crippen LogP contribution is 2.27. The molecule has 4 N–H and O–H groups in total. The van der Waals surface area contributed by atoms with E-state index in [0.717, 1.165) is 6.54 Å². The molecule has 0 spiro atoms. The molecule has 0 bridgehead atoms. The molecule has 2 aromatic rings. The number of aromatic nitrogens is 4. The number of carbonyl (C=O) groups excluding carboxylic acids is 1. The van der Waals surface area contributed by atoms with Gasteiger partial charge < -0.3 is 16.4 Å². The second kappa shape index (κ2) is 5.78. The van der Waals surface area contributed by atoms with Gasteiger partial charge in [-0.2, -0.15) is 5.10 Å². The predicted octanol–water partition coefficient (Wildman–Crippen LogP) is 0.183. The summed E-state index contributed by atoms with van der Waals surface area (Å²) in [5.74, 6) is 1.50. The number of nitrogen functional groups attached to an aromatic ring is 1. The van der Waals surface area contributed by atoms with E-state index in [1.54, 1.807) is 23.1 Å². The van der Waals surface area contributed by atoms with Crippen molar-refractivity contribution in [2.45, 2.75) is 12.8 Å². The minimum Gasteiger partial charge on any atom is -0.393 e. The Kier molecular flexibility index (Phi) is 3.67. The molecule has 0 unspecified atom stereocenters. The van der Waals surface area contributed by atoms with Gasteiger partial charge in [0.25, 0.3) is 0 Å². The molecule has 0 aromatic carbocycles. The first kappa shape index (κ1) is 13.3. The van der Waals surface area contributed by atoms with Gasteiger partial charge in [0.1, 0.15) is 12.0 Å². The number of nitrogens with zero attached hydrogens (tertiary/aromatic N) is 4. The summed E-state index contributed by atoms with van der Waals surface area (Å²) in [7, 11) is 0. The highest BCUT2D eigenvalue weighted by atomic mass is 16.1. The van der Waals surface area contributed by atoms with E-state index in [4.69, 9.17) is 5.73 Å². The van der Waals surface area contributed by atoms with Gasteiger partial charge in [-0.25, -0.2) is 14.6 Å². The predicted molar refractivity (Wildman–Crippen MR) is 77.8 cm³/mol. The molecular formula is C13H17N7O. The third-order valence-electron chi connectivity index (χ3n) is 3.29. The lowest BCUT2D eigenvalue weighted by atomic mass is 10.4. The van der Waals surface area contributed by atoms with Crippen LogP contribution in [0.15, 0.2) is 24.8 Å². The van der Waals surface area contributed by atoms with Gasteiger partial charge in [-0.3, -0.25) is 4.79 Å². The van der Waals surface area contributed by atoms with Crippen LogP contribution < -0.4 is 16.4 Å². The van der Waals surface area contributed by atoms with E-state index in [2.05, 4.69) is 25.7 Å². The molecule has 2 heterocycles. The van der Waals surface area contributed by atoms with E-state index in [0.29, 0.717) is 23.2 Å². The van der Waals surface area contributed by atoms with E-state index in [1.165, 1.54) is 19.2 Å². The fourth-order valence-corrected chi connectivity index (χ4v) is 1.91. The molecule has 1 saturated carbocycles. The molecule has 0 radical (unpaired) electrons. The molecule has 3 rings (SSSR count). The van der Waals surface area contributed by atoms with Crippen molar-refractivity contribution in [1.82, 2.24) is 25.1 Å². The topological polar surface area (TPSA) is 111 Å². The van der Waals surface area contributed by atoms with Crippen molar-refractivity contribution >= 4 is 17.4 Å². The van der Waals surface area contributed by atoms with E-state index >= 15 is 0 Å². The Morgan fingerprint density at radius 1 is 1.43 bits per heavy atom. The lowest BCUT2D eigenvalue weighted by Gasteiger charge is -2.11. The highest BCUT2D eigenvalue weighted by molar-refractivity contribution is 5.82. The van der Waals surface area contributed by atoms with E-state index in [9.17, 15) is 4.79 Å². The summed E-state index contributed by atoms with van der Waals surface area (Å²) < 4.78 is 1.55. The third kappa shape index (κ3) is 3.28. The average Bonchev–Trinajstić information content (AvgIpc) is 3.17. The largest absolute Gasteiger partial charge is 0.393 e.